The Morgan fingerprint density at radius 3 is 2.90 bits per heavy atom. The summed E-state index contributed by atoms with van der Waals surface area (Å²) in [7, 11) is 0. The molecule has 2 aliphatic rings. The van der Waals surface area contributed by atoms with Gasteiger partial charge in [0.15, 0.2) is 0 Å². The standard InChI is InChI=1S/C21H24N6O2/c28-27(29)17-9-10-18(20-16(17)7-4-11-22-20)25-12-5-6-15(14-25)21-24-23-19-8-2-1-3-13-26(19)21/h4,7,9-11,15H,1-3,5-6,8,12-14H2. The summed E-state index contributed by atoms with van der Waals surface area (Å²) in [6.45, 7) is 2.76. The van der Waals surface area contributed by atoms with Crippen LogP contribution in [0.3, 0.4) is 0 Å². The fraction of sp³-hybridized carbons (Fsp3) is 0.476. The minimum Gasteiger partial charge on any atom is -0.369 e. The van der Waals surface area contributed by atoms with Crippen LogP contribution in [0, 0.1) is 10.1 Å². The Morgan fingerprint density at radius 2 is 2.00 bits per heavy atom. The highest BCUT2D eigenvalue weighted by atomic mass is 16.6. The SMILES string of the molecule is O=[N+]([O-])c1ccc(N2CCCC(c3nnc4n3CCCCC4)C2)c2ncccc12. The number of benzene rings is 1. The van der Waals surface area contributed by atoms with Gasteiger partial charge in [-0.25, -0.2) is 0 Å². The van der Waals surface area contributed by atoms with E-state index in [0.717, 1.165) is 56.2 Å². The topological polar surface area (TPSA) is 90.0 Å². The molecule has 1 aromatic carbocycles. The molecule has 0 aliphatic carbocycles. The van der Waals surface area contributed by atoms with Gasteiger partial charge in [-0.2, -0.15) is 0 Å². The van der Waals surface area contributed by atoms with Crippen LogP contribution in [0.15, 0.2) is 30.5 Å². The van der Waals surface area contributed by atoms with Crippen LogP contribution in [0.2, 0.25) is 0 Å². The Kier molecular flexibility index (Phi) is 4.61. The summed E-state index contributed by atoms with van der Waals surface area (Å²) >= 11 is 0. The zero-order valence-corrected chi connectivity index (χ0v) is 16.3. The summed E-state index contributed by atoms with van der Waals surface area (Å²) in [6.07, 6.45) is 8.49. The van der Waals surface area contributed by atoms with E-state index in [1.165, 1.54) is 19.3 Å². The normalized spacial score (nSPS) is 19.7. The second-order valence-corrected chi connectivity index (χ2v) is 7.98. The number of nitrogens with zero attached hydrogens (tertiary/aromatic N) is 6. The summed E-state index contributed by atoms with van der Waals surface area (Å²) in [5.74, 6) is 2.54. The van der Waals surface area contributed by atoms with Crippen LogP contribution in [0.5, 0.6) is 0 Å². The van der Waals surface area contributed by atoms with Gasteiger partial charge >= 0.3 is 0 Å². The molecule has 1 unspecified atom stereocenters. The smallest absolute Gasteiger partial charge is 0.278 e. The lowest BCUT2D eigenvalue weighted by Crippen LogP contribution is -2.35. The fourth-order valence-electron chi connectivity index (χ4n) is 4.77. The molecular weight excluding hydrogens is 368 g/mol. The van der Waals surface area contributed by atoms with E-state index >= 15 is 0 Å². The van der Waals surface area contributed by atoms with Crippen molar-refractivity contribution in [1.82, 2.24) is 19.7 Å². The maximum absolute atomic E-state index is 11.4. The molecule has 1 atom stereocenters. The molecule has 0 spiro atoms. The van der Waals surface area contributed by atoms with Gasteiger partial charge in [-0.15, -0.1) is 10.2 Å². The number of hydrogen-bond donors (Lipinski definition) is 0. The summed E-state index contributed by atoms with van der Waals surface area (Å²) < 4.78 is 2.34. The van der Waals surface area contributed by atoms with Crippen molar-refractivity contribution in [3.63, 3.8) is 0 Å². The van der Waals surface area contributed by atoms with Gasteiger partial charge in [-0.05, 0) is 43.9 Å². The number of aryl methyl sites for hydroxylation is 1. The number of piperidine rings is 1. The van der Waals surface area contributed by atoms with Gasteiger partial charge in [0.05, 0.1) is 16.0 Å². The Balaban J connectivity index is 1.49. The van der Waals surface area contributed by atoms with Crippen molar-refractivity contribution in [2.45, 2.75) is 51.0 Å². The lowest BCUT2D eigenvalue weighted by atomic mass is 9.96. The first kappa shape index (κ1) is 18.0. The van der Waals surface area contributed by atoms with Crippen molar-refractivity contribution < 1.29 is 4.92 Å². The van der Waals surface area contributed by atoms with Crippen LogP contribution in [-0.2, 0) is 13.0 Å². The highest BCUT2D eigenvalue weighted by Crippen LogP contribution is 2.36. The molecular formula is C21H24N6O2. The third-order valence-electron chi connectivity index (χ3n) is 6.19. The number of anilines is 1. The van der Waals surface area contributed by atoms with Gasteiger partial charge in [0.1, 0.15) is 17.2 Å². The second kappa shape index (κ2) is 7.42. The predicted octanol–water partition coefficient (Wildman–Crippen LogP) is 3.84. The van der Waals surface area contributed by atoms with Crippen molar-refractivity contribution in [2.75, 3.05) is 18.0 Å². The molecule has 2 aromatic heterocycles. The molecule has 5 rings (SSSR count). The minimum absolute atomic E-state index is 0.105. The van der Waals surface area contributed by atoms with Gasteiger partial charge < -0.3 is 9.47 Å². The van der Waals surface area contributed by atoms with Gasteiger partial charge in [0.25, 0.3) is 5.69 Å². The lowest BCUT2D eigenvalue weighted by molar-refractivity contribution is -0.383. The van der Waals surface area contributed by atoms with Crippen molar-refractivity contribution in [3.8, 4) is 0 Å². The van der Waals surface area contributed by atoms with Gasteiger partial charge in [-0.1, -0.05) is 6.42 Å². The molecule has 2 aliphatic heterocycles. The van der Waals surface area contributed by atoms with Crippen LogP contribution in [0.25, 0.3) is 10.9 Å². The highest BCUT2D eigenvalue weighted by molar-refractivity contribution is 5.97. The van der Waals surface area contributed by atoms with E-state index in [9.17, 15) is 10.1 Å². The molecule has 1 fully saturated rings. The molecule has 150 valence electrons. The molecule has 3 aromatic rings. The first-order valence-corrected chi connectivity index (χ1v) is 10.4. The van der Waals surface area contributed by atoms with Crippen LogP contribution >= 0.6 is 0 Å². The summed E-state index contributed by atoms with van der Waals surface area (Å²) in [5.41, 5.74) is 1.77. The summed E-state index contributed by atoms with van der Waals surface area (Å²) in [6, 6.07) is 6.99. The zero-order chi connectivity index (χ0) is 19.8. The Morgan fingerprint density at radius 1 is 1.07 bits per heavy atom. The predicted molar refractivity (Wildman–Crippen MR) is 110 cm³/mol. The first-order chi connectivity index (χ1) is 14.2. The Labute approximate surface area is 168 Å². The molecule has 8 heteroatoms. The third-order valence-corrected chi connectivity index (χ3v) is 6.19. The van der Waals surface area contributed by atoms with Crippen LogP contribution in [-0.4, -0.2) is 37.8 Å². The lowest BCUT2D eigenvalue weighted by Gasteiger charge is -2.34. The molecule has 0 bridgehead atoms. The number of fused-ring (bicyclic) bond motifs is 2. The Hall–Kier alpha value is -3.03. The monoisotopic (exact) mass is 392 g/mol. The Bertz CT molecular complexity index is 1060. The van der Waals surface area contributed by atoms with Crippen molar-refractivity contribution in [3.05, 3.63) is 52.2 Å². The second-order valence-electron chi connectivity index (χ2n) is 7.98. The van der Waals surface area contributed by atoms with E-state index in [-0.39, 0.29) is 10.6 Å². The first-order valence-electron chi connectivity index (χ1n) is 10.4. The molecule has 4 heterocycles. The quantitative estimate of drug-likeness (QED) is 0.497. The van der Waals surface area contributed by atoms with Crippen molar-refractivity contribution >= 4 is 22.3 Å². The minimum atomic E-state index is -0.335. The van der Waals surface area contributed by atoms with E-state index in [4.69, 9.17) is 0 Å². The number of nitro groups is 1. The van der Waals surface area contributed by atoms with Crippen LogP contribution in [0.4, 0.5) is 11.4 Å². The highest BCUT2D eigenvalue weighted by Gasteiger charge is 2.29. The number of pyridine rings is 1. The largest absolute Gasteiger partial charge is 0.369 e. The van der Waals surface area contributed by atoms with Crippen molar-refractivity contribution in [2.24, 2.45) is 0 Å². The molecule has 0 radical (unpaired) electrons. The zero-order valence-electron chi connectivity index (χ0n) is 16.3. The summed E-state index contributed by atoms with van der Waals surface area (Å²) in [4.78, 5) is 17.9. The molecule has 0 saturated carbocycles. The maximum Gasteiger partial charge on any atom is 0.278 e. The number of hydrogen-bond acceptors (Lipinski definition) is 6. The average Bonchev–Trinajstić information content (AvgIpc) is 3.01. The number of nitro benzene ring substituents is 1. The maximum atomic E-state index is 11.4. The molecule has 0 amide bonds. The van der Waals surface area contributed by atoms with E-state index in [2.05, 4.69) is 24.6 Å². The number of aromatic nitrogens is 4. The van der Waals surface area contributed by atoms with E-state index in [1.807, 2.05) is 6.07 Å². The van der Waals surface area contributed by atoms with Gasteiger partial charge in [0, 0.05) is 44.2 Å². The average molecular weight is 392 g/mol. The van der Waals surface area contributed by atoms with Gasteiger partial charge in [0.2, 0.25) is 0 Å². The molecule has 0 N–H and O–H groups in total. The van der Waals surface area contributed by atoms with Crippen LogP contribution < -0.4 is 4.90 Å². The fourth-order valence-corrected chi connectivity index (χ4v) is 4.77. The van der Waals surface area contributed by atoms with E-state index in [0.29, 0.717) is 16.8 Å². The molecule has 1 saturated heterocycles. The summed E-state index contributed by atoms with van der Waals surface area (Å²) in [5, 5.41) is 21.1. The van der Waals surface area contributed by atoms with E-state index in [1.54, 1.807) is 24.4 Å². The third kappa shape index (κ3) is 3.22. The number of rotatable bonds is 3. The molecule has 29 heavy (non-hydrogen) atoms. The van der Waals surface area contributed by atoms with Crippen molar-refractivity contribution in [1.29, 1.82) is 0 Å². The number of non-ortho nitro benzene ring substituents is 1. The van der Waals surface area contributed by atoms with E-state index < -0.39 is 0 Å². The molecule has 8 nitrogen and oxygen atoms in total. The van der Waals surface area contributed by atoms with Crippen LogP contribution in [0.1, 0.15) is 49.7 Å². The van der Waals surface area contributed by atoms with Gasteiger partial charge in [-0.3, -0.25) is 15.1 Å².